The van der Waals surface area contributed by atoms with E-state index in [0.717, 1.165) is 23.1 Å². The maximum absolute atomic E-state index is 4.49. The standard InChI is InChI=1S/C12H22BrN3S/c1-5-10-12(13)11(16(3)15-10)8-14-9(2)6-7-17-4/h9,14H,5-8H2,1-4H3. The molecule has 0 bridgehead atoms. The lowest BCUT2D eigenvalue weighted by Crippen LogP contribution is -2.27. The van der Waals surface area contributed by atoms with Gasteiger partial charge in [-0.05, 0) is 47.7 Å². The highest BCUT2D eigenvalue weighted by Crippen LogP contribution is 2.21. The van der Waals surface area contributed by atoms with Crippen LogP contribution in [-0.2, 0) is 20.0 Å². The molecular weight excluding hydrogens is 298 g/mol. The average Bonchev–Trinajstić information content (AvgIpc) is 2.59. The zero-order chi connectivity index (χ0) is 12.8. The fraction of sp³-hybridized carbons (Fsp3) is 0.750. The van der Waals surface area contributed by atoms with Gasteiger partial charge < -0.3 is 5.32 Å². The Kier molecular flexibility index (Phi) is 6.59. The van der Waals surface area contributed by atoms with Gasteiger partial charge >= 0.3 is 0 Å². The highest BCUT2D eigenvalue weighted by molar-refractivity contribution is 9.10. The summed E-state index contributed by atoms with van der Waals surface area (Å²) in [6.07, 6.45) is 4.33. The Bertz CT molecular complexity index is 352. The summed E-state index contributed by atoms with van der Waals surface area (Å²) in [6.45, 7) is 5.24. The Hall–Kier alpha value is -0.000000000000000111. The van der Waals surface area contributed by atoms with Crippen LogP contribution >= 0.6 is 27.7 Å². The van der Waals surface area contributed by atoms with Crippen LogP contribution in [0.2, 0.25) is 0 Å². The Morgan fingerprint density at radius 1 is 1.53 bits per heavy atom. The van der Waals surface area contributed by atoms with Gasteiger partial charge in [0.1, 0.15) is 0 Å². The number of thioether (sulfide) groups is 1. The van der Waals surface area contributed by atoms with Gasteiger partial charge in [-0.25, -0.2) is 0 Å². The van der Waals surface area contributed by atoms with Crippen molar-refractivity contribution in [2.24, 2.45) is 7.05 Å². The molecule has 17 heavy (non-hydrogen) atoms. The summed E-state index contributed by atoms with van der Waals surface area (Å²) in [6, 6.07) is 0.550. The minimum Gasteiger partial charge on any atom is -0.309 e. The largest absolute Gasteiger partial charge is 0.309 e. The fourth-order valence-corrected chi connectivity index (χ4v) is 3.03. The lowest BCUT2D eigenvalue weighted by Gasteiger charge is -2.13. The zero-order valence-electron chi connectivity index (χ0n) is 11.1. The Labute approximate surface area is 117 Å². The fourth-order valence-electron chi connectivity index (χ4n) is 1.68. The molecule has 1 rings (SSSR count). The van der Waals surface area contributed by atoms with Crippen LogP contribution in [0.25, 0.3) is 0 Å². The smallest absolute Gasteiger partial charge is 0.0767 e. The number of nitrogens with one attached hydrogen (secondary N) is 1. The molecule has 0 amide bonds. The van der Waals surface area contributed by atoms with Gasteiger partial charge in [0.15, 0.2) is 0 Å². The number of aryl methyl sites for hydroxylation is 2. The molecule has 3 nitrogen and oxygen atoms in total. The zero-order valence-corrected chi connectivity index (χ0v) is 13.5. The third-order valence-corrected chi connectivity index (χ3v) is 4.44. The summed E-state index contributed by atoms with van der Waals surface area (Å²) < 4.78 is 3.13. The predicted molar refractivity (Wildman–Crippen MR) is 79.6 cm³/mol. The number of rotatable bonds is 7. The normalized spacial score (nSPS) is 13.0. The van der Waals surface area contributed by atoms with E-state index >= 15 is 0 Å². The number of aromatic nitrogens is 2. The third kappa shape index (κ3) is 4.30. The van der Waals surface area contributed by atoms with Gasteiger partial charge in [-0.2, -0.15) is 16.9 Å². The number of nitrogens with zero attached hydrogens (tertiary/aromatic N) is 2. The number of hydrogen-bond acceptors (Lipinski definition) is 3. The molecule has 1 aromatic rings. The Morgan fingerprint density at radius 2 is 2.24 bits per heavy atom. The van der Waals surface area contributed by atoms with Crippen LogP contribution in [-0.4, -0.2) is 27.8 Å². The maximum Gasteiger partial charge on any atom is 0.0767 e. The molecule has 0 aliphatic rings. The van der Waals surface area contributed by atoms with Gasteiger partial charge in [0.25, 0.3) is 0 Å². The molecule has 0 saturated carbocycles. The van der Waals surface area contributed by atoms with Crippen molar-refractivity contribution in [2.75, 3.05) is 12.0 Å². The van der Waals surface area contributed by atoms with E-state index in [2.05, 4.69) is 46.4 Å². The molecule has 98 valence electrons. The first kappa shape index (κ1) is 15.1. The highest BCUT2D eigenvalue weighted by atomic mass is 79.9. The molecule has 0 spiro atoms. The van der Waals surface area contributed by atoms with E-state index < -0.39 is 0 Å². The van der Waals surface area contributed by atoms with E-state index in [0.29, 0.717) is 6.04 Å². The molecular formula is C12H22BrN3S. The van der Waals surface area contributed by atoms with Crippen molar-refractivity contribution >= 4 is 27.7 Å². The maximum atomic E-state index is 4.49. The summed E-state index contributed by atoms with van der Waals surface area (Å²) in [5.74, 6) is 1.21. The van der Waals surface area contributed by atoms with Crippen molar-refractivity contribution in [3.05, 3.63) is 15.9 Å². The molecule has 1 atom stereocenters. The Morgan fingerprint density at radius 3 is 2.76 bits per heavy atom. The van der Waals surface area contributed by atoms with Crippen molar-refractivity contribution in [3.63, 3.8) is 0 Å². The molecule has 5 heteroatoms. The average molecular weight is 320 g/mol. The van der Waals surface area contributed by atoms with Crippen LogP contribution < -0.4 is 5.32 Å². The Balaban J connectivity index is 2.54. The second kappa shape index (κ2) is 7.44. The molecule has 1 aromatic heterocycles. The minimum atomic E-state index is 0.550. The molecule has 1 heterocycles. The quantitative estimate of drug-likeness (QED) is 0.838. The van der Waals surface area contributed by atoms with Crippen molar-refractivity contribution < 1.29 is 0 Å². The van der Waals surface area contributed by atoms with E-state index in [1.54, 1.807) is 0 Å². The number of hydrogen-bond donors (Lipinski definition) is 1. The summed E-state index contributed by atoms with van der Waals surface area (Å²) in [5.41, 5.74) is 2.37. The third-order valence-electron chi connectivity index (χ3n) is 2.88. The summed E-state index contributed by atoms with van der Waals surface area (Å²) in [7, 11) is 2.01. The minimum absolute atomic E-state index is 0.550. The van der Waals surface area contributed by atoms with E-state index in [4.69, 9.17) is 0 Å². The molecule has 0 radical (unpaired) electrons. The van der Waals surface area contributed by atoms with E-state index in [1.165, 1.54) is 17.9 Å². The molecule has 1 N–H and O–H groups in total. The van der Waals surface area contributed by atoms with Gasteiger partial charge in [0.05, 0.1) is 15.9 Å². The topological polar surface area (TPSA) is 29.9 Å². The van der Waals surface area contributed by atoms with Crippen LogP contribution in [0.3, 0.4) is 0 Å². The first-order chi connectivity index (χ1) is 8.10. The van der Waals surface area contributed by atoms with E-state index in [9.17, 15) is 0 Å². The lowest BCUT2D eigenvalue weighted by atomic mass is 10.2. The second-order valence-corrected chi connectivity index (χ2v) is 6.03. The van der Waals surface area contributed by atoms with Gasteiger partial charge in [-0.3, -0.25) is 4.68 Å². The molecule has 0 aromatic carbocycles. The van der Waals surface area contributed by atoms with Crippen LogP contribution in [0.15, 0.2) is 4.47 Å². The first-order valence-corrected chi connectivity index (χ1v) is 8.21. The van der Waals surface area contributed by atoms with Crippen LogP contribution in [0.1, 0.15) is 31.7 Å². The van der Waals surface area contributed by atoms with Crippen molar-refractivity contribution in [1.82, 2.24) is 15.1 Å². The lowest BCUT2D eigenvalue weighted by molar-refractivity contribution is 0.518. The van der Waals surface area contributed by atoms with Crippen LogP contribution in [0.5, 0.6) is 0 Å². The van der Waals surface area contributed by atoms with Gasteiger partial charge in [-0.15, -0.1) is 0 Å². The highest BCUT2D eigenvalue weighted by Gasteiger charge is 2.12. The summed E-state index contributed by atoms with van der Waals surface area (Å²) in [4.78, 5) is 0. The second-order valence-electron chi connectivity index (χ2n) is 4.25. The van der Waals surface area contributed by atoms with Gasteiger partial charge in [-0.1, -0.05) is 6.92 Å². The first-order valence-electron chi connectivity index (χ1n) is 6.02. The molecule has 0 aliphatic carbocycles. The van der Waals surface area contributed by atoms with E-state index in [-0.39, 0.29) is 0 Å². The van der Waals surface area contributed by atoms with Crippen LogP contribution in [0.4, 0.5) is 0 Å². The van der Waals surface area contributed by atoms with Crippen molar-refractivity contribution in [3.8, 4) is 0 Å². The van der Waals surface area contributed by atoms with Crippen molar-refractivity contribution in [2.45, 2.75) is 39.3 Å². The van der Waals surface area contributed by atoms with E-state index in [1.807, 2.05) is 23.5 Å². The number of halogens is 1. The summed E-state index contributed by atoms with van der Waals surface area (Å²) in [5, 5.41) is 8.04. The summed E-state index contributed by atoms with van der Waals surface area (Å²) >= 11 is 5.54. The molecule has 0 saturated heterocycles. The van der Waals surface area contributed by atoms with Gasteiger partial charge in [0, 0.05) is 19.6 Å². The predicted octanol–water partition coefficient (Wildman–Crippen LogP) is 2.98. The van der Waals surface area contributed by atoms with Gasteiger partial charge in [0.2, 0.25) is 0 Å². The van der Waals surface area contributed by atoms with Crippen molar-refractivity contribution in [1.29, 1.82) is 0 Å². The molecule has 0 aliphatic heterocycles. The molecule has 0 fully saturated rings. The SMILES string of the molecule is CCc1nn(C)c(CNC(C)CCSC)c1Br. The molecule has 1 unspecified atom stereocenters. The van der Waals surface area contributed by atoms with Crippen LogP contribution in [0, 0.1) is 0 Å². The monoisotopic (exact) mass is 319 g/mol.